The van der Waals surface area contributed by atoms with E-state index in [0.29, 0.717) is 0 Å². The normalized spacial score (nSPS) is 14.2. The van der Waals surface area contributed by atoms with E-state index in [-0.39, 0.29) is 13.6 Å². The molecule has 2 aliphatic rings. The van der Waals surface area contributed by atoms with E-state index in [4.69, 9.17) is 18.9 Å². The predicted octanol–water partition coefficient (Wildman–Crippen LogP) is 2.61. The monoisotopic (exact) mass is 323 g/mol. The van der Waals surface area contributed by atoms with Crippen LogP contribution in [0.5, 0.6) is 23.0 Å². The average Bonchev–Trinajstić information content (AvgIpc) is 3.32. The Kier molecular flexibility index (Phi) is 2.70. The number of ether oxygens (including phenoxy) is 4. The molecule has 24 heavy (non-hydrogen) atoms. The minimum atomic E-state index is 0.250. The van der Waals surface area contributed by atoms with E-state index in [1.165, 1.54) is 0 Å². The van der Waals surface area contributed by atoms with E-state index in [9.17, 15) is 0 Å². The lowest BCUT2D eigenvalue weighted by molar-refractivity contribution is 0.173. The van der Waals surface area contributed by atoms with Crippen molar-refractivity contribution in [2.24, 2.45) is 7.05 Å². The second kappa shape index (κ2) is 4.89. The van der Waals surface area contributed by atoms with E-state index >= 15 is 0 Å². The van der Waals surface area contributed by atoms with Crippen molar-refractivity contribution in [3.05, 3.63) is 36.4 Å². The Bertz CT molecular complexity index is 876. The van der Waals surface area contributed by atoms with Gasteiger partial charge in [0.2, 0.25) is 13.6 Å². The van der Waals surface area contributed by atoms with Crippen molar-refractivity contribution in [2.75, 3.05) is 13.6 Å². The van der Waals surface area contributed by atoms with Gasteiger partial charge in [-0.3, -0.25) is 0 Å². The Balaban J connectivity index is 1.56. The van der Waals surface area contributed by atoms with Crippen LogP contribution in [0.25, 0.3) is 22.8 Å². The van der Waals surface area contributed by atoms with Gasteiger partial charge >= 0.3 is 0 Å². The molecule has 0 aliphatic carbocycles. The fourth-order valence-corrected chi connectivity index (χ4v) is 2.90. The summed E-state index contributed by atoms with van der Waals surface area (Å²) in [5.74, 6) is 4.44. The van der Waals surface area contributed by atoms with Crippen molar-refractivity contribution in [1.29, 1.82) is 0 Å². The zero-order valence-electron chi connectivity index (χ0n) is 12.9. The molecule has 7 nitrogen and oxygen atoms in total. The maximum atomic E-state index is 5.43. The van der Waals surface area contributed by atoms with Gasteiger partial charge in [-0.1, -0.05) is 0 Å². The lowest BCUT2D eigenvalue weighted by Crippen LogP contribution is -1.96. The average molecular weight is 323 g/mol. The third-order valence-electron chi connectivity index (χ3n) is 4.14. The topological polar surface area (TPSA) is 67.6 Å². The number of hydrogen-bond donors (Lipinski definition) is 0. The van der Waals surface area contributed by atoms with Gasteiger partial charge in [0.1, 0.15) is 0 Å². The quantitative estimate of drug-likeness (QED) is 0.722. The van der Waals surface area contributed by atoms with Crippen LogP contribution in [0.15, 0.2) is 36.4 Å². The van der Waals surface area contributed by atoms with Gasteiger partial charge in [-0.2, -0.15) is 0 Å². The second-order valence-electron chi connectivity index (χ2n) is 5.54. The Morgan fingerprint density at radius 3 is 1.67 bits per heavy atom. The third kappa shape index (κ3) is 1.91. The van der Waals surface area contributed by atoms with Crippen molar-refractivity contribution in [2.45, 2.75) is 0 Å². The summed E-state index contributed by atoms with van der Waals surface area (Å²) < 4.78 is 23.5. The van der Waals surface area contributed by atoms with Gasteiger partial charge in [0, 0.05) is 18.2 Å². The lowest BCUT2D eigenvalue weighted by atomic mass is 10.1. The molecule has 0 spiro atoms. The van der Waals surface area contributed by atoms with Crippen LogP contribution in [0.2, 0.25) is 0 Å². The van der Waals surface area contributed by atoms with Crippen LogP contribution in [0, 0.1) is 0 Å². The Hall–Kier alpha value is -3.22. The fourth-order valence-electron chi connectivity index (χ4n) is 2.90. The smallest absolute Gasteiger partial charge is 0.231 e. The molecule has 0 amide bonds. The molecular formula is C17H13N3O4. The van der Waals surface area contributed by atoms with Crippen molar-refractivity contribution < 1.29 is 18.9 Å². The summed E-state index contributed by atoms with van der Waals surface area (Å²) in [6.45, 7) is 0.500. The summed E-state index contributed by atoms with van der Waals surface area (Å²) >= 11 is 0. The Morgan fingerprint density at radius 1 is 0.708 bits per heavy atom. The van der Waals surface area contributed by atoms with Gasteiger partial charge in [-0.15, -0.1) is 10.2 Å². The molecular weight excluding hydrogens is 310 g/mol. The summed E-state index contributed by atoms with van der Waals surface area (Å²) in [6.07, 6.45) is 0. The summed E-state index contributed by atoms with van der Waals surface area (Å²) in [7, 11) is 1.93. The molecule has 3 aromatic rings. The van der Waals surface area contributed by atoms with Gasteiger partial charge in [0.25, 0.3) is 0 Å². The highest BCUT2D eigenvalue weighted by Gasteiger charge is 2.20. The van der Waals surface area contributed by atoms with E-state index in [2.05, 4.69) is 10.2 Å². The summed E-state index contributed by atoms with van der Waals surface area (Å²) in [5, 5.41) is 8.65. The third-order valence-corrected chi connectivity index (χ3v) is 4.14. The number of nitrogens with zero attached hydrogens (tertiary/aromatic N) is 3. The van der Waals surface area contributed by atoms with Crippen LogP contribution in [0.4, 0.5) is 0 Å². The zero-order chi connectivity index (χ0) is 16.1. The van der Waals surface area contributed by atoms with Gasteiger partial charge < -0.3 is 23.5 Å². The van der Waals surface area contributed by atoms with Crippen molar-refractivity contribution >= 4 is 0 Å². The molecule has 2 aromatic carbocycles. The summed E-state index contributed by atoms with van der Waals surface area (Å²) in [4.78, 5) is 0. The van der Waals surface area contributed by atoms with Gasteiger partial charge in [0.05, 0.1) is 0 Å². The molecule has 0 atom stereocenters. The Morgan fingerprint density at radius 2 is 1.17 bits per heavy atom. The van der Waals surface area contributed by atoms with Crippen molar-refractivity contribution in [3.63, 3.8) is 0 Å². The highest BCUT2D eigenvalue weighted by atomic mass is 16.7. The number of fused-ring (bicyclic) bond motifs is 2. The zero-order valence-corrected chi connectivity index (χ0v) is 12.9. The highest BCUT2D eigenvalue weighted by molar-refractivity contribution is 5.67. The SMILES string of the molecule is Cn1c(-c2ccc3c(c2)OCO3)nnc1-c1ccc2c(c1)OCO2. The summed E-state index contributed by atoms with van der Waals surface area (Å²) in [6, 6.07) is 11.5. The van der Waals surface area contributed by atoms with Crippen LogP contribution in [0.3, 0.4) is 0 Å². The van der Waals surface area contributed by atoms with E-state index in [1.54, 1.807) is 0 Å². The van der Waals surface area contributed by atoms with Crippen LogP contribution in [0.1, 0.15) is 0 Å². The standard InChI is InChI=1S/C17H13N3O4/c1-20-16(10-2-4-12-14(6-10)23-8-21-12)18-19-17(20)11-3-5-13-15(7-11)24-9-22-13/h2-7H,8-9H2,1H3. The first kappa shape index (κ1) is 13.2. The van der Waals surface area contributed by atoms with Crippen LogP contribution < -0.4 is 18.9 Å². The van der Waals surface area contributed by atoms with Crippen molar-refractivity contribution in [3.8, 4) is 45.8 Å². The fraction of sp³-hybridized carbons (Fsp3) is 0.176. The minimum Gasteiger partial charge on any atom is -0.454 e. The molecule has 0 fully saturated rings. The van der Waals surface area contributed by atoms with Gasteiger partial charge in [-0.25, -0.2) is 0 Å². The number of benzene rings is 2. The molecule has 0 saturated carbocycles. The molecule has 0 saturated heterocycles. The number of hydrogen-bond acceptors (Lipinski definition) is 6. The molecule has 7 heteroatoms. The molecule has 0 bridgehead atoms. The second-order valence-corrected chi connectivity index (χ2v) is 5.54. The largest absolute Gasteiger partial charge is 0.454 e. The molecule has 0 radical (unpaired) electrons. The molecule has 3 heterocycles. The molecule has 0 N–H and O–H groups in total. The van der Waals surface area contributed by atoms with E-state index < -0.39 is 0 Å². The maximum Gasteiger partial charge on any atom is 0.231 e. The maximum absolute atomic E-state index is 5.43. The predicted molar refractivity (Wildman–Crippen MR) is 84.1 cm³/mol. The van der Waals surface area contributed by atoms with Gasteiger partial charge in [-0.05, 0) is 36.4 Å². The molecule has 0 unspecified atom stereocenters. The molecule has 120 valence electrons. The van der Waals surface area contributed by atoms with Crippen LogP contribution in [-0.4, -0.2) is 28.4 Å². The van der Waals surface area contributed by atoms with Crippen molar-refractivity contribution in [1.82, 2.24) is 14.8 Å². The lowest BCUT2D eigenvalue weighted by Gasteiger charge is -2.06. The van der Waals surface area contributed by atoms with Crippen LogP contribution in [-0.2, 0) is 7.05 Å². The van der Waals surface area contributed by atoms with Gasteiger partial charge in [0.15, 0.2) is 34.6 Å². The summed E-state index contributed by atoms with van der Waals surface area (Å²) in [5.41, 5.74) is 1.84. The van der Waals surface area contributed by atoms with E-state index in [1.807, 2.05) is 48.0 Å². The minimum absolute atomic E-state index is 0.250. The molecule has 1 aromatic heterocycles. The molecule has 2 aliphatic heterocycles. The first-order chi connectivity index (χ1) is 11.8. The number of aromatic nitrogens is 3. The van der Waals surface area contributed by atoms with E-state index in [0.717, 1.165) is 45.8 Å². The first-order valence-electron chi connectivity index (χ1n) is 7.49. The first-order valence-corrected chi connectivity index (χ1v) is 7.49. The van der Waals surface area contributed by atoms with Crippen LogP contribution >= 0.6 is 0 Å². The number of rotatable bonds is 2. The highest BCUT2D eigenvalue weighted by Crippen LogP contribution is 2.38. The Labute approximate surface area is 137 Å². The molecule has 5 rings (SSSR count).